The van der Waals surface area contributed by atoms with Crippen molar-refractivity contribution < 1.29 is 4.79 Å². The molecule has 1 saturated carbocycles. The first-order chi connectivity index (χ1) is 13.1. The van der Waals surface area contributed by atoms with E-state index in [9.17, 15) is 9.59 Å². The fraction of sp³-hybridized carbons (Fsp3) is 0.368. The SMILES string of the molecule is O=C(Cn1nc2c(SC3CCCCC3)nccn2c1=O)c1ccc(Cl)cc1. The van der Waals surface area contributed by atoms with E-state index >= 15 is 0 Å². The average Bonchev–Trinajstić information content (AvgIpc) is 3.00. The van der Waals surface area contributed by atoms with Gasteiger partial charge in [0.15, 0.2) is 11.4 Å². The molecular formula is C19H19ClN4O2S. The van der Waals surface area contributed by atoms with E-state index < -0.39 is 0 Å². The molecule has 1 aromatic carbocycles. The zero-order chi connectivity index (χ0) is 18.8. The molecule has 140 valence electrons. The topological polar surface area (TPSA) is 69.3 Å². The Bertz CT molecular complexity index is 1020. The first-order valence-electron chi connectivity index (χ1n) is 9.01. The van der Waals surface area contributed by atoms with Gasteiger partial charge in [-0.1, -0.05) is 42.6 Å². The highest BCUT2D eigenvalue weighted by Crippen LogP contribution is 2.33. The van der Waals surface area contributed by atoms with Crippen molar-refractivity contribution in [2.24, 2.45) is 0 Å². The van der Waals surface area contributed by atoms with Gasteiger partial charge in [0.25, 0.3) is 0 Å². The van der Waals surface area contributed by atoms with Gasteiger partial charge < -0.3 is 0 Å². The molecule has 2 aromatic heterocycles. The molecule has 0 amide bonds. The molecule has 0 bridgehead atoms. The molecule has 27 heavy (non-hydrogen) atoms. The molecule has 6 nitrogen and oxygen atoms in total. The molecule has 1 fully saturated rings. The lowest BCUT2D eigenvalue weighted by atomic mass is 10.0. The normalized spacial score (nSPS) is 15.3. The van der Waals surface area contributed by atoms with Crippen LogP contribution in [0, 0.1) is 0 Å². The third-order valence-electron chi connectivity index (χ3n) is 4.76. The summed E-state index contributed by atoms with van der Waals surface area (Å²) in [7, 11) is 0. The first-order valence-corrected chi connectivity index (χ1v) is 10.3. The fourth-order valence-corrected chi connectivity index (χ4v) is 4.69. The summed E-state index contributed by atoms with van der Waals surface area (Å²) in [6.07, 6.45) is 9.29. The summed E-state index contributed by atoms with van der Waals surface area (Å²) in [4.78, 5) is 29.6. The van der Waals surface area contributed by atoms with E-state index in [0.717, 1.165) is 17.9 Å². The zero-order valence-corrected chi connectivity index (χ0v) is 16.2. The maximum absolute atomic E-state index is 12.6. The molecule has 0 unspecified atom stereocenters. The number of hydrogen-bond acceptors (Lipinski definition) is 5. The minimum atomic E-state index is -0.333. The maximum atomic E-state index is 12.6. The van der Waals surface area contributed by atoms with Crippen molar-refractivity contribution in [2.75, 3.05) is 0 Å². The molecule has 3 aromatic rings. The zero-order valence-electron chi connectivity index (χ0n) is 14.7. The molecule has 0 aliphatic heterocycles. The van der Waals surface area contributed by atoms with Crippen LogP contribution in [0.3, 0.4) is 0 Å². The Balaban J connectivity index is 1.61. The second-order valence-electron chi connectivity index (χ2n) is 6.67. The van der Waals surface area contributed by atoms with Gasteiger partial charge in [0.1, 0.15) is 11.6 Å². The van der Waals surface area contributed by atoms with Crippen molar-refractivity contribution in [1.82, 2.24) is 19.2 Å². The number of carbonyl (C=O) groups excluding carboxylic acids is 1. The highest BCUT2D eigenvalue weighted by molar-refractivity contribution is 8.00. The maximum Gasteiger partial charge on any atom is 0.350 e. The van der Waals surface area contributed by atoms with E-state index in [-0.39, 0.29) is 18.0 Å². The van der Waals surface area contributed by atoms with Crippen LogP contribution in [-0.2, 0) is 6.54 Å². The van der Waals surface area contributed by atoms with Crippen LogP contribution >= 0.6 is 23.4 Å². The lowest BCUT2D eigenvalue weighted by molar-refractivity contribution is 0.0966. The lowest BCUT2D eigenvalue weighted by Gasteiger charge is -2.20. The fourth-order valence-electron chi connectivity index (χ4n) is 3.32. The Morgan fingerprint density at radius 2 is 1.93 bits per heavy atom. The number of aromatic nitrogens is 4. The third-order valence-corrected chi connectivity index (χ3v) is 6.33. The van der Waals surface area contributed by atoms with Gasteiger partial charge in [0.05, 0.1) is 0 Å². The van der Waals surface area contributed by atoms with Gasteiger partial charge in [0, 0.05) is 28.2 Å². The number of fused-ring (bicyclic) bond motifs is 1. The summed E-state index contributed by atoms with van der Waals surface area (Å²) in [6.45, 7) is -0.115. The predicted octanol–water partition coefficient (Wildman–Crippen LogP) is 3.85. The quantitative estimate of drug-likeness (QED) is 0.606. The van der Waals surface area contributed by atoms with Crippen LogP contribution in [0.2, 0.25) is 5.02 Å². The van der Waals surface area contributed by atoms with Crippen molar-refractivity contribution in [3.8, 4) is 0 Å². The van der Waals surface area contributed by atoms with Crippen LogP contribution in [0.1, 0.15) is 42.5 Å². The molecule has 8 heteroatoms. The summed E-state index contributed by atoms with van der Waals surface area (Å²) in [5.74, 6) is -0.188. The Hall–Kier alpha value is -2.12. The Morgan fingerprint density at radius 3 is 2.67 bits per heavy atom. The van der Waals surface area contributed by atoms with Gasteiger partial charge in [-0.3, -0.25) is 4.79 Å². The number of thioether (sulfide) groups is 1. The first kappa shape index (κ1) is 18.3. The van der Waals surface area contributed by atoms with E-state index in [2.05, 4.69) is 10.1 Å². The molecule has 0 saturated heterocycles. The number of nitrogens with zero attached hydrogens (tertiary/aromatic N) is 4. The van der Waals surface area contributed by atoms with Crippen LogP contribution in [0.15, 0.2) is 46.5 Å². The number of benzene rings is 1. The molecule has 0 spiro atoms. The van der Waals surface area contributed by atoms with Crippen molar-refractivity contribution >= 4 is 34.8 Å². The minimum absolute atomic E-state index is 0.115. The highest BCUT2D eigenvalue weighted by atomic mass is 35.5. The second-order valence-corrected chi connectivity index (χ2v) is 8.40. The molecule has 0 atom stereocenters. The van der Waals surface area contributed by atoms with Gasteiger partial charge in [-0.25, -0.2) is 18.9 Å². The summed E-state index contributed by atoms with van der Waals surface area (Å²) in [5, 5.41) is 6.22. The van der Waals surface area contributed by atoms with E-state index in [1.54, 1.807) is 48.4 Å². The van der Waals surface area contributed by atoms with Gasteiger partial charge in [-0.15, -0.1) is 5.10 Å². The number of carbonyl (C=O) groups is 1. The van der Waals surface area contributed by atoms with Crippen LogP contribution in [0.5, 0.6) is 0 Å². The number of rotatable bonds is 5. The average molecular weight is 403 g/mol. The second kappa shape index (κ2) is 7.86. The van der Waals surface area contributed by atoms with E-state index in [0.29, 0.717) is 21.5 Å². The molecule has 1 aliphatic rings. The molecular weight excluding hydrogens is 384 g/mol. The van der Waals surface area contributed by atoms with Crippen LogP contribution < -0.4 is 5.69 Å². The minimum Gasteiger partial charge on any atom is -0.292 e. The van der Waals surface area contributed by atoms with Crippen molar-refractivity contribution in [2.45, 2.75) is 48.9 Å². The monoisotopic (exact) mass is 402 g/mol. The smallest absolute Gasteiger partial charge is 0.292 e. The number of halogens is 1. The number of Topliss-reactive ketones (excluding diaryl/α,β-unsaturated/α-hetero) is 1. The van der Waals surface area contributed by atoms with Crippen LogP contribution in [-0.4, -0.2) is 30.2 Å². The molecule has 2 heterocycles. The Labute approximate surface area is 165 Å². The van der Waals surface area contributed by atoms with Crippen molar-refractivity contribution in [3.63, 3.8) is 0 Å². The summed E-state index contributed by atoms with van der Waals surface area (Å²) >= 11 is 7.55. The summed E-state index contributed by atoms with van der Waals surface area (Å²) in [5.41, 5.74) is 0.681. The van der Waals surface area contributed by atoms with Crippen LogP contribution in [0.25, 0.3) is 5.65 Å². The number of hydrogen-bond donors (Lipinski definition) is 0. The lowest BCUT2D eigenvalue weighted by Crippen LogP contribution is -2.25. The van der Waals surface area contributed by atoms with E-state index in [1.807, 2.05) is 0 Å². The largest absolute Gasteiger partial charge is 0.350 e. The van der Waals surface area contributed by atoms with Gasteiger partial charge in [0.2, 0.25) is 0 Å². The molecule has 1 aliphatic carbocycles. The van der Waals surface area contributed by atoms with Crippen molar-refractivity contribution in [1.29, 1.82) is 0 Å². The highest BCUT2D eigenvalue weighted by Gasteiger charge is 2.20. The standard InChI is InChI=1S/C19H19ClN4O2S/c20-14-8-6-13(7-9-14)16(25)12-24-19(26)23-11-10-21-18(17(23)22-24)27-15-4-2-1-3-5-15/h6-11,15H,1-5,12H2. The van der Waals surface area contributed by atoms with Gasteiger partial charge in [-0.05, 0) is 37.1 Å². The number of ketones is 1. The van der Waals surface area contributed by atoms with Gasteiger partial charge >= 0.3 is 5.69 Å². The van der Waals surface area contributed by atoms with Crippen molar-refractivity contribution in [3.05, 3.63) is 57.7 Å². The van der Waals surface area contributed by atoms with Crippen LogP contribution in [0.4, 0.5) is 0 Å². The Kier molecular flexibility index (Phi) is 5.31. The Morgan fingerprint density at radius 1 is 1.19 bits per heavy atom. The summed E-state index contributed by atoms with van der Waals surface area (Å²) < 4.78 is 2.67. The molecule has 4 rings (SSSR count). The predicted molar refractivity (Wildman–Crippen MR) is 106 cm³/mol. The van der Waals surface area contributed by atoms with E-state index in [4.69, 9.17) is 11.6 Å². The third kappa shape index (κ3) is 3.94. The summed E-state index contributed by atoms with van der Waals surface area (Å²) in [6, 6.07) is 6.61. The van der Waals surface area contributed by atoms with E-state index in [1.165, 1.54) is 28.3 Å². The van der Waals surface area contributed by atoms with Gasteiger partial charge in [-0.2, -0.15) is 0 Å². The molecule has 0 radical (unpaired) electrons. The molecule has 0 N–H and O–H groups in total.